The Morgan fingerprint density at radius 1 is 1.30 bits per heavy atom. The predicted octanol–water partition coefficient (Wildman–Crippen LogP) is 2.34. The highest BCUT2D eigenvalue weighted by molar-refractivity contribution is 7.80. The van der Waals surface area contributed by atoms with Gasteiger partial charge in [0.2, 0.25) is 0 Å². The van der Waals surface area contributed by atoms with Gasteiger partial charge in [0.1, 0.15) is 11.2 Å². The van der Waals surface area contributed by atoms with E-state index in [0.29, 0.717) is 0 Å². The van der Waals surface area contributed by atoms with Gasteiger partial charge in [0.15, 0.2) is 0 Å². The number of benzene rings is 1. The molecule has 1 unspecified atom stereocenters. The second-order valence-corrected chi connectivity index (χ2v) is 2.76. The van der Waals surface area contributed by atoms with Crippen LogP contribution in [0.5, 0.6) is 5.75 Å². The van der Waals surface area contributed by atoms with Gasteiger partial charge in [-0.15, -0.1) is 12.6 Å². The van der Waals surface area contributed by atoms with Gasteiger partial charge in [0.25, 0.3) is 0 Å². The minimum absolute atomic E-state index is 0.0394. The van der Waals surface area contributed by atoms with Crippen LogP contribution in [0.4, 0.5) is 0 Å². The molecule has 0 saturated heterocycles. The summed E-state index contributed by atoms with van der Waals surface area (Å²) in [4.78, 5) is 0. The lowest BCUT2D eigenvalue weighted by molar-refractivity contribution is 0.310. The van der Waals surface area contributed by atoms with Crippen molar-refractivity contribution < 1.29 is 4.74 Å². The lowest BCUT2D eigenvalue weighted by atomic mass is 10.3. The molecule has 0 N–H and O–H groups in total. The molecule has 0 bridgehead atoms. The molecule has 10 heavy (non-hydrogen) atoms. The van der Waals surface area contributed by atoms with Crippen LogP contribution in [0.1, 0.15) is 6.92 Å². The molecule has 1 rings (SSSR count). The highest BCUT2D eigenvalue weighted by Crippen LogP contribution is 2.11. The van der Waals surface area contributed by atoms with Crippen LogP contribution in [0.2, 0.25) is 0 Å². The third kappa shape index (κ3) is 2.31. The van der Waals surface area contributed by atoms with Gasteiger partial charge < -0.3 is 4.74 Å². The number of para-hydroxylation sites is 1. The first-order valence-electron chi connectivity index (χ1n) is 3.19. The Labute approximate surface area is 66.4 Å². The molecule has 0 spiro atoms. The molecular weight excluding hydrogens is 144 g/mol. The molecule has 0 saturated carbocycles. The van der Waals surface area contributed by atoms with E-state index in [2.05, 4.69) is 12.6 Å². The van der Waals surface area contributed by atoms with E-state index in [1.54, 1.807) is 0 Å². The first kappa shape index (κ1) is 7.48. The van der Waals surface area contributed by atoms with E-state index in [1.807, 2.05) is 37.3 Å². The summed E-state index contributed by atoms with van der Waals surface area (Å²) in [6, 6.07) is 9.65. The lowest BCUT2D eigenvalue weighted by Gasteiger charge is -2.07. The van der Waals surface area contributed by atoms with Gasteiger partial charge in [-0.05, 0) is 19.1 Å². The van der Waals surface area contributed by atoms with Crippen molar-refractivity contribution in [1.29, 1.82) is 0 Å². The number of rotatable bonds is 2. The van der Waals surface area contributed by atoms with Gasteiger partial charge in [-0.1, -0.05) is 18.2 Å². The summed E-state index contributed by atoms with van der Waals surface area (Å²) in [5.74, 6) is 0.866. The highest BCUT2D eigenvalue weighted by atomic mass is 32.1. The fraction of sp³-hybridized carbons (Fsp3) is 0.250. The zero-order chi connectivity index (χ0) is 7.40. The van der Waals surface area contributed by atoms with Gasteiger partial charge >= 0.3 is 0 Å². The molecule has 0 fully saturated rings. The summed E-state index contributed by atoms with van der Waals surface area (Å²) in [6.07, 6.45) is 0. The van der Waals surface area contributed by atoms with Crippen LogP contribution in [0.15, 0.2) is 30.3 Å². The molecule has 1 nitrogen and oxygen atoms in total. The molecule has 1 aromatic rings. The van der Waals surface area contributed by atoms with E-state index in [4.69, 9.17) is 4.74 Å². The Balaban J connectivity index is 2.59. The molecule has 2 heteroatoms. The number of ether oxygens (including phenoxy) is 1. The van der Waals surface area contributed by atoms with E-state index in [-0.39, 0.29) is 5.44 Å². The maximum Gasteiger partial charge on any atom is 0.138 e. The summed E-state index contributed by atoms with van der Waals surface area (Å²) < 4.78 is 5.28. The summed E-state index contributed by atoms with van der Waals surface area (Å²) in [6.45, 7) is 1.89. The van der Waals surface area contributed by atoms with Crippen molar-refractivity contribution in [1.82, 2.24) is 0 Å². The molecule has 0 radical (unpaired) electrons. The Morgan fingerprint density at radius 3 is 2.40 bits per heavy atom. The van der Waals surface area contributed by atoms with Crippen LogP contribution in [0, 0.1) is 0 Å². The maximum absolute atomic E-state index is 5.28. The third-order valence-electron chi connectivity index (χ3n) is 1.05. The molecule has 1 atom stereocenters. The molecular formula is C8H10OS. The Hall–Kier alpha value is -0.630. The van der Waals surface area contributed by atoms with Gasteiger partial charge in [-0.25, -0.2) is 0 Å². The SMILES string of the molecule is CC(S)Oc1ccccc1. The van der Waals surface area contributed by atoms with Gasteiger partial charge in [0.05, 0.1) is 0 Å². The third-order valence-corrected chi connectivity index (χ3v) is 1.16. The predicted molar refractivity (Wildman–Crippen MR) is 45.5 cm³/mol. The van der Waals surface area contributed by atoms with E-state index >= 15 is 0 Å². The molecule has 0 amide bonds. The number of hydrogen-bond acceptors (Lipinski definition) is 2. The monoisotopic (exact) mass is 154 g/mol. The highest BCUT2D eigenvalue weighted by Gasteiger charge is 1.93. The topological polar surface area (TPSA) is 9.23 Å². The molecule has 54 valence electrons. The Bertz CT molecular complexity index is 184. The van der Waals surface area contributed by atoms with Crippen molar-refractivity contribution in [2.45, 2.75) is 12.4 Å². The minimum Gasteiger partial charge on any atom is -0.480 e. The lowest BCUT2D eigenvalue weighted by Crippen LogP contribution is -2.01. The quantitative estimate of drug-likeness (QED) is 0.508. The zero-order valence-corrected chi connectivity index (χ0v) is 6.71. The largest absolute Gasteiger partial charge is 0.480 e. The van der Waals surface area contributed by atoms with Gasteiger partial charge in [0, 0.05) is 0 Å². The van der Waals surface area contributed by atoms with Crippen molar-refractivity contribution in [2.24, 2.45) is 0 Å². The Morgan fingerprint density at radius 2 is 1.90 bits per heavy atom. The molecule has 0 heterocycles. The van der Waals surface area contributed by atoms with E-state index < -0.39 is 0 Å². The van der Waals surface area contributed by atoms with Crippen LogP contribution < -0.4 is 4.74 Å². The van der Waals surface area contributed by atoms with E-state index in [1.165, 1.54) is 0 Å². The second kappa shape index (κ2) is 3.52. The Kier molecular flexibility index (Phi) is 2.63. The van der Waals surface area contributed by atoms with Crippen molar-refractivity contribution >= 4 is 12.6 Å². The smallest absolute Gasteiger partial charge is 0.138 e. The number of hydrogen-bond donors (Lipinski definition) is 1. The molecule has 1 aromatic carbocycles. The van der Waals surface area contributed by atoms with Crippen LogP contribution >= 0.6 is 12.6 Å². The average Bonchev–Trinajstić information content (AvgIpc) is 1.88. The van der Waals surface area contributed by atoms with Gasteiger partial charge in [-0.2, -0.15) is 0 Å². The maximum atomic E-state index is 5.28. The van der Waals surface area contributed by atoms with Crippen LogP contribution in [0.3, 0.4) is 0 Å². The fourth-order valence-electron chi connectivity index (χ4n) is 0.696. The number of thiol groups is 1. The first-order valence-corrected chi connectivity index (χ1v) is 3.70. The summed E-state index contributed by atoms with van der Waals surface area (Å²) in [5.41, 5.74) is -0.0394. The van der Waals surface area contributed by atoms with Crippen LogP contribution in [0.25, 0.3) is 0 Å². The van der Waals surface area contributed by atoms with Crippen molar-refractivity contribution in [2.75, 3.05) is 0 Å². The summed E-state index contributed by atoms with van der Waals surface area (Å²) >= 11 is 4.09. The average molecular weight is 154 g/mol. The fourth-order valence-corrected chi connectivity index (χ4v) is 0.818. The molecule has 0 aliphatic carbocycles. The minimum atomic E-state index is -0.0394. The van der Waals surface area contributed by atoms with E-state index in [9.17, 15) is 0 Å². The van der Waals surface area contributed by atoms with Crippen molar-refractivity contribution in [3.05, 3.63) is 30.3 Å². The zero-order valence-electron chi connectivity index (χ0n) is 5.82. The van der Waals surface area contributed by atoms with Crippen LogP contribution in [-0.2, 0) is 0 Å². The first-order chi connectivity index (χ1) is 4.79. The second-order valence-electron chi connectivity index (χ2n) is 2.03. The van der Waals surface area contributed by atoms with Crippen molar-refractivity contribution in [3.63, 3.8) is 0 Å². The normalized spacial score (nSPS) is 12.6. The van der Waals surface area contributed by atoms with Gasteiger partial charge in [-0.3, -0.25) is 0 Å². The molecule has 0 aliphatic rings. The van der Waals surface area contributed by atoms with Crippen molar-refractivity contribution in [3.8, 4) is 5.75 Å². The van der Waals surface area contributed by atoms with E-state index in [0.717, 1.165) is 5.75 Å². The summed E-state index contributed by atoms with van der Waals surface area (Å²) in [7, 11) is 0. The summed E-state index contributed by atoms with van der Waals surface area (Å²) in [5, 5.41) is 0. The standard InChI is InChI=1S/C8H10OS/c1-7(10)9-8-5-3-2-4-6-8/h2-7,10H,1H3. The van der Waals surface area contributed by atoms with Crippen LogP contribution in [-0.4, -0.2) is 5.44 Å². The molecule has 0 aromatic heterocycles. The molecule has 0 aliphatic heterocycles.